The fourth-order valence-electron chi connectivity index (χ4n) is 2.95. The molecule has 2 aromatic carbocycles. The molecule has 1 amide bonds. The second-order valence-corrected chi connectivity index (χ2v) is 6.16. The Hall–Kier alpha value is -2.89. The molecule has 3 rings (SSSR count). The number of benzene rings is 2. The molecule has 1 aliphatic carbocycles. The number of para-hydroxylation sites is 1. The van der Waals surface area contributed by atoms with Gasteiger partial charge in [-0.05, 0) is 37.1 Å². The Morgan fingerprint density at radius 2 is 1.96 bits per heavy atom. The molecule has 25 heavy (non-hydrogen) atoms. The lowest BCUT2D eigenvalue weighted by molar-refractivity contribution is 0.0695. The largest absolute Gasteiger partial charge is 0.496 e. The molecule has 1 fully saturated rings. The molecule has 0 spiro atoms. The molecular formula is C19H18FNO4. The molecule has 2 aromatic rings. The molecule has 0 unspecified atom stereocenters. The number of hydrogen-bond acceptors (Lipinski definition) is 3. The molecule has 0 aromatic heterocycles. The average Bonchev–Trinajstić information content (AvgIpc) is 3.40. The molecule has 5 nitrogen and oxygen atoms in total. The van der Waals surface area contributed by atoms with Gasteiger partial charge in [0.15, 0.2) is 0 Å². The summed E-state index contributed by atoms with van der Waals surface area (Å²) in [5, 5.41) is 11.6. The van der Waals surface area contributed by atoms with E-state index in [2.05, 4.69) is 5.32 Å². The standard InChI is InChI=1S/C19H18FNO4/c1-25-16-5-3-2-4-14(16)19(8-9-19)11-21-17(22)13-7-6-12(18(23)24)10-15(13)20/h2-7,10H,8-9,11H2,1H3,(H,21,22)(H,23,24). The first-order valence-corrected chi connectivity index (χ1v) is 7.91. The van der Waals surface area contributed by atoms with Crippen LogP contribution in [-0.4, -0.2) is 30.6 Å². The molecule has 0 bridgehead atoms. The molecule has 0 radical (unpaired) electrons. The van der Waals surface area contributed by atoms with Crippen molar-refractivity contribution in [1.82, 2.24) is 5.32 Å². The van der Waals surface area contributed by atoms with E-state index in [4.69, 9.17) is 9.84 Å². The summed E-state index contributed by atoms with van der Waals surface area (Å²) in [7, 11) is 1.60. The number of methoxy groups -OCH3 is 1. The lowest BCUT2D eigenvalue weighted by Gasteiger charge is -2.19. The maximum Gasteiger partial charge on any atom is 0.335 e. The van der Waals surface area contributed by atoms with Gasteiger partial charge < -0.3 is 15.2 Å². The van der Waals surface area contributed by atoms with E-state index >= 15 is 0 Å². The van der Waals surface area contributed by atoms with Crippen LogP contribution in [0.3, 0.4) is 0 Å². The van der Waals surface area contributed by atoms with Crippen molar-refractivity contribution >= 4 is 11.9 Å². The van der Waals surface area contributed by atoms with Crippen molar-refractivity contribution in [2.45, 2.75) is 18.3 Å². The molecule has 130 valence electrons. The van der Waals surface area contributed by atoms with E-state index in [9.17, 15) is 14.0 Å². The number of ether oxygens (including phenoxy) is 1. The first kappa shape index (κ1) is 17.0. The zero-order valence-corrected chi connectivity index (χ0v) is 13.7. The van der Waals surface area contributed by atoms with Crippen molar-refractivity contribution in [3.05, 3.63) is 65.0 Å². The summed E-state index contributed by atoms with van der Waals surface area (Å²) in [6.07, 6.45) is 1.82. The lowest BCUT2D eigenvalue weighted by atomic mass is 9.94. The molecule has 0 atom stereocenters. The summed E-state index contributed by atoms with van der Waals surface area (Å²) in [6, 6.07) is 10.9. The average molecular weight is 343 g/mol. The third-order valence-corrected chi connectivity index (χ3v) is 4.58. The Kier molecular flexibility index (Phi) is 4.44. The van der Waals surface area contributed by atoms with E-state index in [0.29, 0.717) is 6.54 Å². The van der Waals surface area contributed by atoms with E-state index in [1.807, 2.05) is 24.3 Å². The summed E-state index contributed by atoms with van der Waals surface area (Å²) in [5.74, 6) is -1.87. The molecule has 6 heteroatoms. The van der Waals surface area contributed by atoms with Gasteiger partial charge >= 0.3 is 5.97 Å². The first-order chi connectivity index (χ1) is 12.0. The van der Waals surface area contributed by atoms with Crippen LogP contribution in [0.25, 0.3) is 0 Å². The van der Waals surface area contributed by atoms with E-state index in [-0.39, 0.29) is 16.5 Å². The number of hydrogen-bond donors (Lipinski definition) is 2. The summed E-state index contributed by atoms with van der Waals surface area (Å²) in [4.78, 5) is 23.1. The van der Waals surface area contributed by atoms with Crippen molar-refractivity contribution < 1.29 is 23.8 Å². The third kappa shape index (κ3) is 3.33. The van der Waals surface area contributed by atoms with Crippen LogP contribution in [0, 0.1) is 5.82 Å². The highest BCUT2D eigenvalue weighted by atomic mass is 19.1. The molecule has 1 saturated carbocycles. The highest BCUT2D eigenvalue weighted by Gasteiger charge is 2.46. The third-order valence-electron chi connectivity index (χ3n) is 4.58. The zero-order chi connectivity index (χ0) is 18.0. The van der Waals surface area contributed by atoms with Gasteiger partial charge in [-0.1, -0.05) is 18.2 Å². The van der Waals surface area contributed by atoms with Gasteiger partial charge in [-0.15, -0.1) is 0 Å². The van der Waals surface area contributed by atoms with Gasteiger partial charge in [-0.25, -0.2) is 9.18 Å². The highest BCUT2D eigenvalue weighted by molar-refractivity contribution is 5.96. The molecular weight excluding hydrogens is 325 g/mol. The van der Waals surface area contributed by atoms with Crippen LogP contribution < -0.4 is 10.1 Å². The fourth-order valence-corrected chi connectivity index (χ4v) is 2.95. The number of aromatic carboxylic acids is 1. The molecule has 2 N–H and O–H groups in total. The normalized spacial score (nSPS) is 14.6. The van der Waals surface area contributed by atoms with E-state index < -0.39 is 17.7 Å². The number of carboxylic acid groups (broad SMARTS) is 1. The summed E-state index contributed by atoms with van der Waals surface area (Å²) < 4.78 is 19.4. The number of carbonyl (C=O) groups excluding carboxylic acids is 1. The Morgan fingerprint density at radius 3 is 2.56 bits per heavy atom. The second-order valence-electron chi connectivity index (χ2n) is 6.16. The predicted molar refractivity (Wildman–Crippen MR) is 89.6 cm³/mol. The Bertz CT molecular complexity index is 830. The van der Waals surface area contributed by atoms with Crippen LogP contribution in [0.5, 0.6) is 5.75 Å². The van der Waals surface area contributed by atoms with Crippen molar-refractivity contribution in [2.24, 2.45) is 0 Å². The Labute approximate surface area is 144 Å². The van der Waals surface area contributed by atoms with Crippen molar-refractivity contribution in [2.75, 3.05) is 13.7 Å². The zero-order valence-electron chi connectivity index (χ0n) is 13.7. The SMILES string of the molecule is COc1ccccc1C1(CNC(=O)c2ccc(C(=O)O)cc2F)CC1. The molecule has 1 aliphatic rings. The lowest BCUT2D eigenvalue weighted by Crippen LogP contribution is -2.33. The summed E-state index contributed by atoms with van der Waals surface area (Å²) in [5.41, 5.74) is 0.474. The quantitative estimate of drug-likeness (QED) is 0.845. The molecule has 0 heterocycles. The van der Waals surface area contributed by atoms with Crippen LogP contribution in [-0.2, 0) is 5.41 Å². The summed E-state index contributed by atoms with van der Waals surface area (Å²) >= 11 is 0. The van der Waals surface area contributed by atoms with Gasteiger partial charge in [0.2, 0.25) is 0 Å². The van der Waals surface area contributed by atoms with Gasteiger partial charge in [0.25, 0.3) is 5.91 Å². The van der Waals surface area contributed by atoms with Crippen molar-refractivity contribution in [3.63, 3.8) is 0 Å². The van der Waals surface area contributed by atoms with E-state index in [1.165, 1.54) is 12.1 Å². The smallest absolute Gasteiger partial charge is 0.335 e. The van der Waals surface area contributed by atoms with Gasteiger partial charge in [0, 0.05) is 17.5 Å². The van der Waals surface area contributed by atoms with E-state index in [1.54, 1.807) is 7.11 Å². The first-order valence-electron chi connectivity index (χ1n) is 7.91. The van der Waals surface area contributed by atoms with Crippen LogP contribution in [0.15, 0.2) is 42.5 Å². The van der Waals surface area contributed by atoms with Gasteiger partial charge in [0.05, 0.1) is 18.2 Å². The van der Waals surface area contributed by atoms with Gasteiger partial charge in [-0.3, -0.25) is 4.79 Å². The molecule has 0 aliphatic heterocycles. The predicted octanol–water partition coefficient (Wildman–Crippen LogP) is 2.99. The minimum absolute atomic E-state index is 0.166. The maximum atomic E-state index is 14.0. The fraction of sp³-hybridized carbons (Fsp3) is 0.263. The van der Waals surface area contributed by atoms with Crippen LogP contribution in [0.4, 0.5) is 4.39 Å². The number of amides is 1. The summed E-state index contributed by atoms with van der Waals surface area (Å²) in [6.45, 7) is 0.367. The number of carboxylic acids is 1. The number of rotatable bonds is 6. The van der Waals surface area contributed by atoms with Gasteiger partial charge in [0.1, 0.15) is 11.6 Å². The van der Waals surface area contributed by atoms with E-state index in [0.717, 1.165) is 30.2 Å². The minimum Gasteiger partial charge on any atom is -0.496 e. The van der Waals surface area contributed by atoms with Crippen LogP contribution in [0.2, 0.25) is 0 Å². The number of halogens is 1. The highest BCUT2D eigenvalue weighted by Crippen LogP contribution is 2.50. The molecule has 0 saturated heterocycles. The van der Waals surface area contributed by atoms with Gasteiger partial charge in [-0.2, -0.15) is 0 Å². The Balaban J connectivity index is 1.73. The Morgan fingerprint density at radius 1 is 1.24 bits per heavy atom. The number of carbonyl (C=O) groups is 2. The monoisotopic (exact) mass is 343 g/mol. The number of nitrogens with one attached hydrogen (secondary N) is 1. The second kappa shape index (κ2) is 6.55. The van der Waals surface area contributed by atoms with Crippen molar-refractivity contribution in [3.8, 4) is 5.75 Å². The van der Waals surface area contributed by atoms with Crippen LogP contribution >= 0.6 is 0 Å². The van der Waals surface area contributed by atoms with Crippen LogP contribution in [0.1, 0.15) is 39.1 Å². The topological polar surface area (TPSA) is 75.6 Å². The minimum atomic E-state index is -1.24. The maximum absolute atomic E-state index is 14.0. The van der Waals surface area contributed by atoms with Crippen molar-refractivity contribution in [1.29, 1.82) is 0 Å².